The van der Waals surface area contributed by atoms with Crippen LogP contribution in [-0.2, 0) is 9.53 Å². The fourth-order valence-electron chi connectivity index (χ4n) is 1.78. The number of benzene rings is 1. The summed E-state index contributed by atoms with van der Waals surface area (Å²) in [5, 5.41) is 0. The van der Waals surface area contributed by atoms with Gasteiger partial charge >= 0.3 is 5.97 Å². The van der Waals surface area contributed by atoms with E-state index in [4.69, 9.17) is 4.74 Å². The second kappa shape index (κ2) is 4.29. The molecule has 1 aliphatic rings. The van der Waals surface area contributed by atoms with Gasteiger partial charge in [0.15, 0.2) is 0 Å². The van der Waals surface area contributed by atoms with Gasteiger partial charge in [-0.1, -0.05) is 52.9 Å². The van der Waals surface area contributed by atoms with Crippen LogP contribution in [0.3, 0.4) is 0 Å². The van der Waals surface area contributed by atoms with Crippen molar-refractivity contribution in [2.24, 2.45) is 0 Å². The third-order valence-corrected chi connectivity index (χ3v) is 3.37. The second-order valence-corrected chi connectivity index (χ2v) is 4.28. The van der Waals surface area contributed by atoms with E-state index in [-0.39, 0.29) is 18.0 Å². The molecule has 0 N–H and O–H groups in total. The fourth-order valence-corrected chi connectivity index (χ4v) is 2.58. The van der Waals surface area contributed by atoms with Gasteiger partial charge in [0.05, 0.1) is 6.42 Å². The molecule has 2 nitrogen and oxygen atoms in total. The molecule has 0 radical (unpaired) electrons. The first-order chi connectivity index (χ1) is 6.81. The van der Waals surface area contributed by atoms with E-state index in [0.29, 0.717) is 6.42 Å². The lowest BCUT2D eigenvalue weighted by atomic mass is 9.93. The zero-order valence-electron chi connectivity index (χ0n) is 7.65. The first kappa shape index (κ1) is 9.96. The van der Waals surface area contributed by atoms with Gasteiger partial charge < -0.3 is 4.74 Å². The van der Waals surface area contributed by atoms with Gasteiger partial charge in [0, 0.05) is 10.3 Å². The molecule has 2 rings (SSSR count). The molecule has 0 bridgehead atoms. The number of hydrogen-bond acceptors (Lipinski definition) is 2. The van der Waals surface area contributed by atoms with Crippen molar-refractivity contribution in [2.75, 3.05) is 4.43 Å². The molecule has 0 saturated carbocycles. The Kier molecular flexibility index (Phi) is 3.05. The molecule has 1 fully saturated rings. The van der Waals surface area contributed by atoms with Gasteiger partial charge in [-0.2, -0.15) is 0 Å². The molecule has 14 heavy (non-hydrogen) atoms. The van der Waals surface area contributed by atoms with Crippen molar-refractivity contribution in [3.8, 4) is 0 Å². The number of rotatable bonds is 2. The summed E-state index contributed by atoms with van der Waals surface area (Å²) in [4.78, 5) is 11.2. The Morgan fingerprint density at radius 2 is 2.07 bits per heavy atom. The summed E-state index contributed by atoms with van der Waals surface area (Å²) in [5.41, 5.74) is 1.21. The van der Waals surface area contributed by atoms with Crippen molar-refractivity contribution in [3.05, 3.63) is 35.9 Å². The summed E-state index contributed by atoms with van der Waals surface area (Å²) in [7, 11) is 0. The molecule has 1 aromatic rings. The highest BCUT2D eigenvalue weighted by Crippen LogP contribution is 2.32. The minimum Gasteiger partial charge on any atom is -0.461 e. The number of carbonyl (C=O) groups is 1. The van der Waals surface area contributed by atoms with Crippen LogP contribution in [0, 0.1) is 0 Å². The number of cyclic esters (lactones) is 1. The molecule has 1 saturated heterocycles. The van der Waals surface area contributed by atoms with Crippen LogP contribution in [0.4, 0.5) is 0 Å². The molecular formula is C11H11IO2. The second-order valence-electron chi connectivity index (χ2n) is 3.40. The minimum atomic E-state index is -0.0690. The van der Waals surface area contributed by atoms with Crippen molar-refractivity contribution in [1.29, 1.82) is 0 Å². The van der Waals surface area contributed by atoms with E-state index in [0.717, 1.165) is 4.43 Å². The minimum absolute atomic E-state index is 0.0606. The molecule has 0 unspecified atom stereocenters. The largest absolute Gasteiger partial charge is 0.461 e. The third-order valence-electron chi connectivity index (χ3n) is 2.50. The third kappa shape index (κ3) is 1.92. The summed E-state index contributed by atoms with van der Waals surface area (Å²) in [6, 6.07) is 10.1. The van der Waals surface area contributed by atoms with Gasteiger partial charge in [0.2, 0.25) is 0 Å². The van der Waals surface area contributed by atoms with Gasteiger partial charge in [0.25, 0.3) is 0 Å². The molecule has 1 aromatic carbocycles. The lowest BCUT2D eigenvalue weighted by molar-refractivity contribution is -0.140. The Morgan fingerprint density at radius 1 is 1.36 bits per heavy atom. The Labute approximate surface area is 96.8 Å². The van der Waals surface area contributed by atoms with Gasteiger partial charge in [-0.25, -0.2) is 0 Å². The maximum atomic E-state index is 11.2. The zero-order chi connectivity index (χ0) is 9.97. The van der Waals surface area contributed by atoms with E-state index < -0.39 is 0 Å². The van der Waals surface area contributed by atoms with Crippen LogP contribution in [0.15, 0.2) is 30.3 Å². The van der Waals surface area contributed by atoms with Crippen LogP contribution >= 0.6 is 22.6 Å². The first-order valence-electron chi connectivity index (χ1n) is 4.61. The van der Waals surface area contributed by atoms with Gasteiger partial charge in [-0.3, -0.25) is 4.79 Å². The Bertz CT molecular complexity index is 323. The Morgan fingerprint density at radius 3 is 2.71 bits per heavy atom. The van der Waals surface area contributed by atoms with Gasteiger partial charge in [-0.15, -0.1) is 0 Å². The lowest BCUT2D eigenvalue weighted by Crippen LogP contribution is -2.15. The maximum Gasteiger partial charge on any atom is 0.306 e. The van der Waals surface area contributed by atoms with Crippen LogP contribution < -0.4 is 0 Å². The highest BCUT2D eigenvalue weighted by atomic mass is 127. The molecule has 1 heterocycles. The lowest BCUT2D eigenvalue weighted by Gasteiger charge is -2.14. The predicted molar refractivity (Wildman–Crippen MR) is 62.6 cm³/mol. The van der Waals surface area contributed by atoms with E-state index in [9.17, 15) is 4.79 Å². The Balaban J connectivity index is 2.22. The molecular weight excluding hydrogens is 291 g/mol. The molecule has 0 amide bonds. The topological polar surface area (TPSA) is 26.3 Å². The normalized spacial score (nSPS) is 26.2. The maximum absolute atomic E-state index is 11.2. The van der Waals surface area contributed by atoms with Crippen LogP contribution in [-0.4, -0.2) is 16.5 Å². The summed E-state index contributed by atoms with van der Waals surface area (Å²) < 4.78 is 6.10. The van der Waals surface area contributed by atoms with Crippen molar-refractivity contribution < 1.29 is 9.53 Å². The van der Waals surface area contributed by atoms with Crippen LogP contribution in [0.25, 0.3) is 0 Å². The average molecular weight is 302 g/mol. The number of hydrogen-bond donors (Lipinski definition) is 0. The number of halogens is 1. The van der Waals surface area contributed by atoms with Crippen molar-refractivity contribution >= 4 is 28.6 Å². The van der Waals surface area contributed by atoms with Gasteiger partial charge in [0.1, 0.15) is 6.10 Å². The molecule has 74 valence electrons. The summed E-state index contributed by atoms with van der Waals surface area (Å²) in [6.45, 7) is 0. The first-order valence-corrected chi connectivity index (χ1v) is 6.14. The number of esters is 1. The standard InChI is InChI=1S/C11H11IO2/c12-7-10-9(6-11(13)14-10)8-4-2-1-3-5-8/h1-5,9-10H,6-7H2/t9-,10-/m1/s1. The van der Waals surface area contributed by atoms with E-state index >= 15 is 0 Å². The van der Waals surface area contributed by atoms with E-state index in [1.807, 2.05) is 18.2 Å². The Hall–Kier alpha value is -0.580. The highest BCUT2D eigenvalue weighted by Gasteiger charge is 2.34. The van der Waals surface area contributed by atoms with Crippen molar-refractivity contribution in [1.82, 2.24) is 0 Å². The van der Waals surface area contributed by atoms with E-state index in [1.54, 1.807) is 0 Å². The quantitative estimate of drug-likeness (QED) is 0.477. The number of ether oxygens (including phenoxy) is 1. The molecule has 0 spiro atoms. The van der Waals surface area contributed by atoms with E-state index in [2.05, 4.69) is 34.7 Å². The molecule has 1 aliphatic heterocycles. The molecule has 3 heteroatoms. The molecule has 2 atom stereocenters. The summed E-state index contributed by atoms with van der Waals surface area (Å²) >= 11 is 2.26. The predicted octanol–water partition coefficient (Wildman–Crippen LogP) is 2.52. The smallest absolute Gasteiger partial charge is 0.306 e. The summed E-state index contributed by atoms with van der Waals surface area (Å²) in [6.07, 6.45) is 0.586. The number of carbonyl (C=O) groups excluding carboxylic acids is 1. The van der Waals surface area contributed by atoms with Crippen molar-refractivity contribution in [2.45, 2.75) is 18.4 Å². The fraction of sp³-hybridized carbons (Fsp3) is 0.364. The summed E-state index contributed by atoms with van der Waals surface area (Å²) in [5.74, 6) is 0.182. The molecule has 0 aromatic heterocycles. The zero-order valence-corrected chi connectivity index (χ0v) is 9.81. The number of alkyl halides is 1. The van der Waals surface area contributed by atoms with Crippen LogP contribution in [0.2, 0.25) is 0 Å². The van der Waals surface area contributed by atoms with Crippen LogP contribution in [0.5, 0.6) is 0 Å². The van der Waals surface area contributed by atoms with Gasteiger partial charge in [-0.05, 0) is 5.56 Å². The van der Waals surface area contributed by atoms with E-state index in [1.165, 1.54) is 5.56 Å². The average Bonchev–Trinajstić information content (AvgIpc) is 2.61. The monoisotopic (exact) mass is 302 g/mol. The highest BCUT2D eigenvalue weighted by molar-refractivity contribution is 14.1. The van der Waals surface area contributed by atoms with Crippen molar-refractivity contribution in [3.63, 3.8) is 0 Å². The molecule has 0 aliphatic carbocycles. The van der Waals surface area contributed by atoms with Crippen LogP contribution in [0.1, 0.15) is 17.9 Å². The SMILES string of the molecule is O=C1C[C@H](c2ccccc2)[C@@H](CI)O1.